The van der Waals surface area contributed by atoms with Gasteiger partial charge in [-0.15, -0.1) is 0 Å². The van der Waals surface area contributed by atoms with Crippen LogP contribution in [0.2, 0.25) is 0 Å². The second-order valence-corrected chi connectivity index (χ2v) is 2.71. The number of carboxylic acid groups (broad SMARTS) is 1. The summed E-state index contributed by atoms with van der Waals surface area (Å²) < 4.78 is 4.99. The fourth-order valence-corrected chi connectivity index (χ4v) is 0.535. The lowest BCUT2D eigenvalue weighted by molar-refractivity contribution is -0.150. The highest BCUT2D eigenvalue weighted by Crippen LogP contribution is 2.14. The van der Waals surface area contributed by atoms with Gasteiger partial charge in [0.15, 0.2) is 0 Å². The number of carboxylic acids is 1. The van der Waals surface area contributed by atoms with E-state index < -0.39 is 11.4 Å². The average molecular weight is 161 g/mol. The molecule has 4 heteroatoms. The maximum Gasteiger partial charge on any atom is 0.313 e. The van der Waals surface area contributed by atoms with Gasteiger partial charge in [-0.25, -0.2) is 0 Å². The van der Waals surface area contributed by atoms with Gasteiger partial charge >= 0.3 is 5.97 Å². The zero-order valence-corrected chi connectivity index (χ0v) is 6.96. The molecule has 1 unspecified atom stereocenters. The third-order valence-corrected chi connectivity index (χ3v) is 1.59. The van der Waals surface area contributed by atoms with Crippen molar-refractivity contribution in [3.8, 4) is 0 Å². The first-order valence-corrected chi connectivity index (χ1v) is 3.58. The van der Waals surface area contributed by atoms with Crippen LogP contribution in [0.3, 0.4) is 0 Å². The van der Waals surface area contributed by atoms with Crippen molar-refractivity contribution in [2.45, 2.75) is 13.8 Å². The molecule has 66 valence electrons. The highest BCUT2D eigenvalue weighted by molar-refractivity contribution is 5.74. The van der Waals surface area contributed by atoms with E-state index in [0.717, 1.165) is 0 Å². The molecule has 0 rings (SSSR count). The Morgan fingerprint density at radius 1 is 1.73 bits per heavy atom. The molecular formula is C7H15NO3. The Morgan fingerprint density at radius 3 is 2.55 bits per heavy atom. The van der Waals surface area contributed by atoms with Gasteiger partial charge in [0, 0.05) is 13.2 Å². The Morgan fingerprint density at radius 2 is 2.27 bits per heavy atom. The molecule has 0 bridgehead atoms. The Labute approximate surface area is 66.3 Å². The molecule has 0 saturated heterocycles. The summed E-state index contributed by atoms with van der Waals surface area (Å²) in [5.74, 6) is -0.909. The van der Waals surface area contributed by atoms with Crippen LogP contribution in [0, 0.1) is 5.41 Å². The topological polar surface area (TPSA) is 72.5 Å². The third kappa shape index (κ3) is 2.86. The number of hydrogen-bond acceptors (Lipinski definition) is 3. The van der Waals surface area contributed by atoms with Crippen LogP contribution in [0.5, 0.6) is 0 Å². The fraction of sp³-hybridized carbons (Fsp3) is 0.857. The van der Waals surface area contributed by atoms with E-state index in [1.54, 1.807) is 6.92 Å². The van der Waals surface area contributed by atoms with Crippen molar-refractivity contribution in [3.05, 3.63) is 0 Å². The van der Waals surface area contributed by atoms with Crippen LogP contribution in [0.4, 0.5) is 0 Å². The minimum absolute atomic E-state index is 0.0995. The highest BCUT2D eigenvalue weighted by atomic mass is 16.5. The van der Waals surface area contributed by atoms with Crippen molar-refractivity contribution >= 4 is 5.97 Å². The van der Waals surface area contributed by atoms with Gasteiger partial charge in [0.25, 0.3) is 0 Å². The molecule has 1 atom stereocenters. The van der Waals surface area contributed by atoms with Crippen LogP contribution in [-0.2, 0) is 9.53 Å². The van der Waals surface area contributed by atoms with E-state index in [0.29, 0.717) is 6.61 Å². The standard InChI is InChI=1S/C7H15NO3/c1-3-11-5-7(2,4-8)6(9)10/h3-5,8H2,1-2H3,(H,9,10). The summed E-state index contributed by atoms with van der Waals surface area (Å²) in [5, 5.41) is 8.70. The SMILES string of the molecule is CCOCC(C)(CN)C(=O)O. The van der Waals surface area contributed by atoms with Gasteiger partial charge < -0.3 is 15.6 Å². The summed E-state index contributed by atoms with van der Waals surface area (Å²) in [6, 6.07) is 0. The minimum Gasteiger partial charge on any atom is -0.481 e. The molecule has 0 saturated carbocycles. The van der Waals surface area contributed by atoms with Gasteiger partial charge in [0.1, 0.15) is 5.41 Å². The van der Waals surface area contributed by atoms with E-state index in [2.05, 4.69) is 0 Å². The van der Waals surface area contributed by atoms with E-state index in [9.17, 15) is 4.79 Å². The maximum absolute atomic E-state index is 10.6. The number of rotatable bonds is 5. The van der Waals surface area contributed by atoms with Crippen LogP contribution < -0.4 is 5.73 Å². The van der Waals surface area contributed by atoms with E-state index in [1.165, 1.54) is 0 Å². The van der Waals surface area contributed by atoms with Gasteiger partial charge in [-0.05, 0) is 13.8 Å². The van der Waals surface area contributed by atoms with Crippen LogP contribution in [-0.4, -0.2) is 30.8 Å². The number of carbonyl (C=O) groups is 1. The molecule has 0 heterocycles. The van der Waals surface area contributed by atoms with E-state index in [-0.39, 0.29) is 13.2 Å². The number of nitrogens with two attached hydrogens (primary N) is 1. The molecule has 0 aromatic carbocycles. The molecular weight excluding hydrogens is 146 g/mol. The van der Waals surface area contributed by atoms with Crippen molar-refractivity contribution in [1.29, 1.82) is 0 Å². The molecule has 0 aliphatic rings. The van der Waals surface area contributed by atoms with Gasteiger partial charge in [0.05, 0.1) is 6.61 Å². The maximum atomic E-state index is 10.6. The van der Waals surface area contributed by atoms with Crippen molar-refractivity contribution in [3.63, 3.8) is 0 Å². The summed E-state index contributed by atoms with van der Waals surface area (Å²) in [6.07, 6.45) is 0. The molecule has 0 fully saturated rings. The number of hydrogen-bond donors (Lipinski definition) is 2. The predicted molar refractivity (Wildman–Crippen MR) is 41.3 cm³/mol. The van der Waals surface area contributed by atoms with Crippen molar-refractivity contribution in [2.24, 2.45) is 11.1 Å². The van der Waals surface area contributed by atoms with Gasteiger partial charge in [-0.3, -0.25) is 4.79 Å². The van der Waals surface area contributed by atoms with Crippen molar-refractivity contribution < 1.29 is 14.6 Å². The van der Waals surface area contributed by atoms with Crippen LogP contribution in [0.25, 0.3) is 0 Å². The molecule has 0 aliphatic heterocycles. The minimum atomic E-state index is -0.935. The summed E-state index contributed by atoms with van der Waals surface area (Å²) in [7, 11) is 0. The van der Waals surface area contributed by atoms with Crippen molar-refractivity contribution in [2.75, 3.05) is 19.8 Å². The van der Waals surface area contributed by atoms with E-state index in [1.807, 2.05) is 6.92 Å². The molecule has 11 heavy (non-hydrogen) atoms. The first kappa shape index (κ1) is 10.4. The predicted octanol–water partition coefficient (Wildman–Crippen LogP) is 0.0725. The summed E-state index contributed by atoms with van der Waals surface area (Å²) >= 11 is 0. The Balaban J connectivity index is 3.99. The Hall–Kier alpha value is -0.610. The van der Waals surface area contributed by atoms with Crippen LogP contribution in [0.1, 0.15) is 13.8 Å². The first-order chi connectivity index (χ1) is 5.06. The average Bonchev–Trinajstić information content (AvgIpc) is 2.00. The normalized spacial score (nSPS) is 15.9. The lowest BCUT2D eigenvalue weighted by Crippen LogP contribution is -2.39. The van der Waals surface area contributed by atoms with E-state index >= 15 is 0 Å². The molecule has 0 amide bonds. The molecule has 0 aliphatic carbocycles. The smallest absolute Gasteiger partial charge is 0.313 e. The highest BCUT2D eigenvalue weighted by Gasteiger charge is 2.31. The number of ether oxygens (including phenoxy) is 1. The summed E-state index contributed by atoms with van der Waals surface area (Å²) in [6.45, 7) is 4.18. The van der Waals surface area contributed by atoms with Crippen molar-refractivity contribution in [1.82, 2.24) is 0 Å². The van der Waals surface area contributed by atoms with Crippen LogP contribution >= 0.6 is 0 Å². The molecule has 0 radical (unpaired) electrons. The monoisotopic (exact) mass is 161 g/mol. The van der Waals surface area contributed by atoms with Gasteiger partial charge in [0.2, 0.25) is 0 Å². The Bertz CT molecular complexity index is 138. The molecule has 0 aromatic heterocycles. The zero-order chi connectivity index (χ0) is 8.91. The van der Waals surface area contributed by atoms with Crippen LogP contribution in [0.15, 0.2) is 0 Å². The summed E-state index contributed by atoms with van der Waals surface area (Å²) in [5.41, 5.74) is 4.35. The molecule has 3 N–H and O–H groups in total. The lowest BCUT2D eigenvalue weighted by Gasteiger charge is -2.21. The zero-order valence-electron chi connectivity index (χ0n) is 6.96. The van der Waals surface area contributed by atoms with E-state index in [4.69, 9.17) is 15.6 Å². The largest absolute Gasteiger partial charge is 0.481 e. The first-order valence-electron chi connectivity index (χ1n) is 3.58. The fourth-order valence-electron chi connectivity index (χ4n) is 0.535. The second kappa shape index (κ2) is 4.31. The van der Waals surface area contributed by atoms with Gasteiger partial charge in [-0.2, -0.15) is 0 Å². The number of aliphatic carboxylic acids is 1. The molecule has 4 nitrogen and oxygen atoms in total. The second-order valence-electron chi connectivity index (χ2n) is 2.71. The Kier molecular flexibility index (Phi) is 4.07. The molecule has 0 spiro atoms. The third-order valence-electron chi connectivity index (χ3n) is 1.59. The summed E-state index contributed by atoms with van der Waals surface area (Å²) in [4.78, 5) is 10.6. The quantitative estimate of drug-likeness (QED) is 0.598. The lowest BCUT2D eigenvalue weighted by atomic mass is 9.92. The van der Waals surface area contributed by atoms with Gasteiger partial charge in [-0.1, -0.05) is 0 Å². The molecule has 0 aromatic rings.